The summed E-state index contributed by atoms with van der Waals surface area (Å²) >= 11 is 1.91. The third-order valence-electron chi connectivity index (χ3n) is 10.9. The van der Waals surface area contributed by atoms with Crippen molar-refractivity contribution < 1.29 is 0 Å². The summed E-state index contributed by atoms with van der Waals surface area (Å²) in [5.41, 5.74) is 13.7. The van der Waals surface area contributed by atoms with Crippen LogP contribution >= 0.6 is 11.3 Å². The number of hydrogen-bond acceptors (Lipinski definition) is 2. The minimum atomic E-state index is -0.0805. The Morgan fingerprint density at radius 2 is 0.980 bits per heavy atom. The highest BCUT2D eigenvalue weighted by molar-refractivity contribution is 7.27. The number of anilines is 3. The van der Waals surface area contributed by atoms with Crippen molar-refractivity contribution in [2.45, 2.75) is 19.3 Å². The van der Waals surface area contributed by atoms with Crippen LogP contribution in [0.3, 0.4) is 0 Å². The smallest absolute Gasteiger partial charge is 0.0465 e. The second kappa shape index (κ2) is 11.6. The van der Waals surface area contributed by atoms with Gasteiger partial charge in [0.15, 0.2) is 0 Å². The van der Waals surface area contributed by atoms with Crippen molar-refractivity contribution in [3.8, 4) is 33.4 Å². The van der Waals surface area contributed by atoms with E-state index in [1.807, 2.05) is 11.3 Å². The molecular formula is C49H35NS. The van der Waals surface area contributed by atoms with Crippen molar-refractivity contribution in [1.29, 1.82) is 0 Å². The Morgan fingerprint density at radius 3 is 1.78 bits per heavy atom. The fourth-order valence-corrected chi connectivity index (χ4v) is 9.63. The highest BCUT2D eigenvalue weighted by Gasteiger charge is 2.35. The summed E-state index contributed by atoms with van der Waals surface area (Å²) in [5, 5.41) is 5.27. The van der Waals surface area contributed by atoms with Gasteiger partial charge in [0.25, 0.3) is 0 Å². The fourth-order valence-electron chi connectivity index (χ4n) is 8.26. The van der Waals surface area contributed by atoms with Crippen LogP contribution in [-0.4, -0.2) is 0 Å². The number of rotatable bonds is 5. The molecule has 1 aromatic heterocycles. The van der Waals surface area contributed by atoms with E-state index in [-0.39, 0.29) is 5.41 Å². The molecule has 1 aliphatic rings. The Kier molecular flexibility index (Phi) is 6.78. The van der Waals surface area contributed by atoms with Crippen molar-refractivity contribution in [3.05, 3.63) is 187 Å². The Labute approximate surface area is 302 Å². The normalized spacial score (nSPS) is 13.1. The Bertz CT molecular complexity index is 2750. The summed E-state index contributed by atoms with van der Waals surface area (Å²) < 4.78 is 2.70. The molecule has 0 spiro atoms. The lowest BCUT2D eigenvalue weighted by Crippen LogP contribution is -2.16. The number of benzene rings is 8. The summed E-state index contributed by atoms with van der Waals surface area (Å²) in [6.07, 6.45) is 0. The predicted molar refractivity (Wildman–Crippen MR) is 220 cm³/mol. The van der Waals surface area contributed by atoms with E-state index in [1.165, 1.54) is 75.5 Å². The van der Waals surface area contributed by atoms with Gasteiger partial charge < -0.3 is 4.90 Å². The second-order valence-electron chi connectivity index (χ2n) is 14.1. The van der Waals surface area contributed by atoms with Crippen molar-refractivity contribution in [2.24, 2.45) is 0 Å². The maximum Gasteiger partial charge on any atom is 0.0465 e. The van der Waals surface area contributed by atoms with Gasteiger partial charge in [-0.25, -0.2) is 0 Å². The molecule has 2 heteroatoms. The molecule has 0 bridgehead atoms. The lowest BCUT2D eigenvalue weighted by Gasteiger charge is -2.28. The standard InChI is InChI=1S/C49H35NS/c1-49(2)45-18-9-8-15-41(45)42-30-28-38(31-46(42)49)50(36-24-19-33(20-25-36)32-11-4-3-5-12-32)37-26-21-35(22-27-37)40-16-10-17-43-44-29-23-34-13-6-7-14-39(34)48(44)51-47(40)43/h3-31H,1-2H3. The van der Waals surface area contributed by atoms with Crippen LogP contribution in [0.25, 0.3) is 64.3 Å². The van der Waals surface area contributed by atoms with Gasteiger partial charge in [0, 0.05) is 42.6 Å². The molecule has 0 N–H and O–H groups in total. The van der Waals surface area contributed by atoms with E-state index in [0.717, 1.165) is 17.1 Å². The lowest BCUT2D eigenvalue weighted by molar-refractivity contribution is 0.660. The average molecular weight is 670 g/mol. The first-order valence-electron chi connectivity index (χ1n) is 17.7. The third-order valence-corrected chi connectivity index (χ3v) is 12.2. The van der Waals surface area contributed by atoms with Gasteiger partial charge in [0.05, 0.1) is 0 Å². The molecule has 0 saturated carbocycles. The number of fused-ring (bicyclic) bond motifs is 8. The van der Waals surface area contributed by atoms with Crippen LogP contribution in [0.1, 0.15) is 25.0 Å². The van der Waals surface area contributed by atoms with Crippen molar-refractivity contribution >= 4 is 59.3 Å². The largest absolute Gasteiger partial charge is 0.310 e. The quantitative estimate of drug-likeness (QED) is 0.176. The third kappa shape index (κ3) is 4.75. The Hall–Kier alpha value is -5.96. The molecule has 1 aliphatic carbocycles. The van der Waals surface area contributed by atoms with E-state index in [9.17, 15) is 0 Å². The first-order chi connectivity index (χ1) is 25.0. The minimum Gasteiger partial charge on any atom is -0.310 e. The van der Waals surface area contributed by atoms with Crippen LogP contribution in [-0.2, 0) is 5.41 Å². The molecule has 1 heterocycles. The molecule has 0 unspecified atom stereocenters. The van der Waals surface area contributed by atoms with Crippen LogP contribution < -0.4 is 4.90 Å². The zero-order valence-electron chi connectivity index (χ0n) is 28.6. The number of hydrogen-bond donors (Lipinski definition) is 0. The first-order valence-corrected chi connectivity index (χ1v) is 18.5. The van der Waals surface area contributed by atoms with E-state index in [1.54, 1.807) is 0 Å². The molecule has 0 aliphatic heterocycles. The van der Waals surface area contributed by atoms with Gasteiger partial charge in [0.2, 0.25) is 0 Å². The number of thiophene rings is 1. The van der Waals surface area contributed by atoms with Crippen LogP contribution in [0.4, 0.5) is 17.1 Å². The molecule has 51 heavy (non-hydrogen) atoms. The molecule has 242 valence electrons. The molecule has 0 radical (unpaired) electrons. The fraction of sp³-hybridized carbons (Fsp3) is 0.0612. The number of nitrogens with zero attached hydrogens (tertiary/aromatic N) is 1. The van der Waals surface area contributed by atoms with E-state index in [0.29, 0.717) is 0 Å². The average Bonchev–Trinajstić information content (AvgIpc) is 3.68. The summed E-state index contributed by atoms with van der Waals surface area (Å²) in [5.74, 6) is 0. The summed E-state index contributed by atoms with van der Waals surface area (Å²) in [6.45, 7) is 4.71. The molecule has 8 aromatic carbocycles. The van der Waals surface area contributed by atoms with Gasteiger partial charge in [-0.1, -0.05) is 153 Å². The second-order valence-corrected chi connectivity index (χ2v) is 15.2. The van der Waals surface area contributed by atoms with E-state index in [2.05, 4.69) is 195 Å². The van der Waals surface area contributed by atoms with Crippen LogP contribution in [0.15, 0.2) is 176 Å². The van der Waals surface area contributed by atoms with Crippen LogP contribution in [0.2, 0.25) is 0 Å². The molecule has 0 saturated heterocycles. The molecule has 0 atom stereocenters. The summed E-state index contributed by atoms with van der Waals surface area (Å²) in [7, 11) is 0. The van der Waals surface area contributed by atoms with Gasteiger partial charge in [-0.3, -0.25) is 0 Å². The molecule has 9 aromatic rings. The summed E-state index contributed by atoms with van der Waals surface area (Å²) in [6, 6.07) is 64.7. The molecule has 0 fully saturated rings. The minimum absolute atomic E-state index is 0.0805. The Balaban J connectivity index is 1.09. The van der Waals surface area contributed by atoms with Crippen molar-refractivity contribution in [3.63, 3.8) is 0 Å². The molecule has 10 rings (SSSR count). The van der Waals surface area contributed by atoms with Gasteiger partial charge in [-0.2, -0.15) is 0 Å². The van der Waals surface area contributed by atoms with Crippen LogP contribution in [0, 0.1) is 0 Å². The van der Waals surface area contributed by atoms with E-state index >= 15 is 0 Å². The van der Waals surface area contributed by atoms with E-state index in [4.69, 9.17) is 0 Å². The first kappa shape index (κ1) is 29.9. The zero-order chi connectivity index (χ0) is 34.1. The SMILES string of the molecule is CC1(C)c2ccccc2-c2ccc(N(c3ccc(-c4ccccc4)cc3)c3ccc(-c4cccc5c4sc4c6ccccc6ccc54)cc3)cc21. The van der Waals surface area contributed by atoms with Crippen molar-refractivity contribution in [2.75, 3.05) is 4.90 Å². The van der Waals surface area contributed by atoms with Gasteiger partial charge in [-0.15, -0.1) is 11.3 Å². The summed E-state index contributed by atoms with van der Waals surface area (Å²) in [4.78, 5) is 2.41. The highest BCUT2D eigenvalue weighted by atomic mass is 32.1. The van der Waals surface area contributed by atoms with E-state index < -0.39 is 0 Å². The maximum atomic E-state index is 2.41. The topological polar surface area (TPSA) is 3.24 Å². The maximum absolute atomic E-state index is 2.41. The van der Waals surface area contributed by atoms with Gasteiger partial charge in [0.1, 0.15) is 0 Å². The molecular weight excluding hydrogens is 635 g/mol. The van der Waals surface area contributed by atoms with Crippen LogP contribution in [0.5, 0.6) is 0 Å². The zero-order valence-corrected chi connectivity index (χ0v) is 29.4. The molecule has 1 nitrogen and oxygen atoms in total. The highest BCUT2D eigenvalue weighted by Crippen LogP contribution is 2.51. The predicted octanol–water partition coefficient (Wildman–Crippen LogP) is 14.3. The monoisotopic (exact) mass is 669 g/mol. The van der Waals surface area contributed by atoms with Gasteiger partial charge in [-0.05, 0) is 91.7 Å². The van der Waals surface area contributed by atoms with Gasteiger partial charge >= 0.3 is 0 Å². The Morgan fingerprint density at radius 1 is 0.392 bits per heavy atom. The molecule has 0 amide bonds. The lowest BCUT2D eigenvalue weighted by atomic mass is 9.82. The van der Waals surface area contributed by atoms with Crippen molar-refractivity contribution in [1.82, 2.24) is 0 Å².